The summed E-state index contributed by atoms with van der Waals surface area (Å²) in [5.74, 6) is -1.76. The van der Waals surface area contributed by atoms with Crippen molar-refractivity contribution in [3.8, 4) is 5.75 Å². The zero-order valence-electron chi connectivity index (χ0n) is 21.1. The molecule has 1 fully saturated rings. The Balaban J connectivity index is 1.47. The van der Waals surface area contributed by atoms with Crippen LogP contribution in [0.1, 0.15) is 34.3 Å². The van der Waals surface area contributed by atoms with Crippen LogP contribution in [0.5, 0.6) is 5.75 Å². The molecule has 0 saturated heterocycles. The molecule has 1 aliphatic carbocycles. The zero-order valence-corrected chi connectivity index (χ0v) is 24.3. The number of rotatable bonds is 11. The molecule has 7 nitrogen and oxygen atoms in total. The summed E-state index contributed by atoms with van der Waals surface area (Å²) >= 11 is 12.9. The number of nitrogens with one attached hydrogen (secondary N) is 1. The van der Waals surface area contributed by atoms with Crippen molar-refractivity contribution in [1.82, 2.24) is 5.32 Å². The number of aryl methyl sites for hydroxylation is 1. The lowest BCUT2D eigenvalue weighted by Crippen LogP contribution is -2.42. The Morgan fingerprint density at radius 3 is 2.28 bits per heavy atom. The Kier molecular flexibility index (Phi) is 9.22. The number of hydrogen-bond donors (Lipinski definition) is 3. The minimum absolute atomic E-state index is 0.0179. The highest BCUT2D eigenvalue weighted by Crippen LogP contribution is 2.53. The topological polar surface area (TPSA) is 121 Å². The number of carbonyl (C=O) groups is 2. The Bertz CT molecular complexity index is 1490. The number of amides is 1. The van der Waals surface area contributed by atoms with E-state index < -0.39 is 35.7 Å². The van der Waals surface area contributed by atoms with E-state index in [2.05, 4.69) is 5.32 Å². The van der Waals surface area contributed by atoms with E-state index in [0.717, 1.165) is 23.3 Å². The first-order chi connectivity index (χ1) is 18.4. The number of carbonyl (C=O) groups excluding carboxylic acids is 1. The van der Waals surface area contributed by atoms with E-state index in [9.17, 15) is 28.2 Å². The molecule has 1 aliphatic rings. The van der Waals surface area contributed by atoms with E-state index in [-0.39, 0.29) is 32.7 Å². The lowest BCUT2D eigenvalue weighted by Gasteiger charge is -2.19. The summed E-state index contributed by atoms with van der Waals surface area (Å²) in [7, 11) is -3.94. The van der Waals surface area contributed by atoms with Crippen molar-refractivity contribution in [1.29, 1.82) is 0 Å². The maximum Gasteiger partial charge on any atom is 0.326 e. The van der Waals surface area contributed by atoms with Gasteiger partial charge in [0.25, 0.3) is 5.91 Å². The number of benzene rings is 3. The van der Waals surface area contributed by atoms with Crippen LogP contribution in [0.2, 0.25) is 10.0 Å². The molecule has 206 valence electrons. The van der Waals surface area contributed by atoms with Crippen molar-refractivity contribution in [2.75, 3.05) is 12.4 Å². The number of carboxylic acid groups (broad SMARTS) is 1. The predicted molar refractivity (Wildman–Crippen MR) is 155 cm³/mol. The monoisotopic (exact) mass is 607 g/mol. The molecule has 2 unspecified atom stereocenters. The summed E-state index contributed by atoms with van der Waals surface area (Å²) in [6.45, 7) is 0. The van der Waals surface area contributed by atoms with Gasteiger partial charge >= 0.3 is 5.97 Å². The molecule has 0 radical (unpaired) electrons. The van der Waals surface area contributed by atoms with E-state index >= 15 is 0 Å². The maximum atomic E-state index is 13.0. The van der Waals surface area contributed by atoms with Crippen LogP contribution in [-0.2, 0) is 27.5 Å². The SMILES string of the molecule is CS(=O)(=O)c1cccc(CC(NC(=O)c2c(Cl)cc(CCP(c3cccc(O)c3)C3CC3)cc2Cl)C(=O)O)c1. The molecular formula is C28H28Cl2NO6PS. The third-order valence-corrected chi connectivity index (χ3v) is 11.2. The van der Waals surface area contributed by atoms with Crippen molar-refractivity contribution >= 4 is 58.1 Å². The number of carboxylic acids is 1. The quantitative estimate of drug-likeness (QED) is 0.263. The van der Waals surface area contributed by atoms with Crippen LogP contribution >= 0.6 is 31.1 Å². The van der Waals surface area contributed by atoms with Gasteiger partial charge in [-0.15, -0.1) is 0 Å². The number of aromatic hydroxyl groups is 1. The predicted octanol–water partition coefficient (Wildman–Crippen LogP) is 5.04. The first kappa shape index (κ1) is 29.3. The van der Waals surface area contributed by atoms with Gasteiger partial charge in [-0.1, -0.05) is 55.4 Å². The van der Waals surface area contributed by atoms with Crippen molar-refractivity contribution < 1.29 is 28.2 Å². The van der Waals surface area contributed by atoms with E-state index in [1.54, 1.807) is 24.3 Å². The van der Waals surface area contributed by atoms with Crippen LogP contribution < -0.4 is 10.6 Å². The standard InChI is InChI=1S/C28H28Cl2NO6PS/c1-39(36,37)22-7-2-4-17(12-22)15-25(28(34)35)31-27(33)26-23(29)13-18(14-24(26)30)10-11-38(20-8-9-20)21-6-3-5-19(32)16-21/h2-7,12-14,16,20,25,32H,8-11,15H2,1H3,(H,31,33)(H,34,35). The Morgan fingerprint density at radius 2 is 1.69 bits per heavy atom. The molecule has 39 heavy (non-hydrogen) atoms. The molecule has 0 aromatic heterocycles. The van der Waals surface area contributed by atoms with Crippen LogP contribution in [0, 0.1) is 0 Å². The average molecular weight is 608 g/mol. The number of hydrogen-bond acceptors (Lipinski definition) is 5. The summed E-state index contributed by atoms with van der Waals surface area (Å²) in [6, 6.07) is 15.3. The van der Waals surface area contributed by atoms with Gasteiger partial charge < -0.3 is 15.5 Å². The zero-order chi connectivity index (χ0) is 28.3. The second-order valence-electron chi connectivity index (χ2n) is 9.62. The minimum Gasteiger partial charge on any atom is -0.508 e. The fourth-order valence-electron chi connectivity index (χ4n) is 4.39. The summed E-state index contributed by atoms with van der Waals surface area (Å²) < 4.78 is 23.7. The lowest BCUT2D eigenvalue weighted by atomic mass is 10.0. The van der Waals surface area contributed by atoms with Gasteiger partial charge in [0.05, 0.1) is 20.5 Å². The summed E-state index contributed by atoms with van der Waals surface area (Å²) in [4.78, 5) is 25.0. The molecule has 3 aromatic rings. The lowest BCUT2D eigenvalue weighted by molar-refractivity contribution is -0.139. The van der Waals surface area contributed by atoms with E-state index in [0.29, 0.717) is 17.6 Å². The van der Waals surface area contributed by atoms with Crippen molar-refractivity contribution in [2.24, 2.45) is 0 Å². The van der Waals surface area contributed by atoms with Gasteiger partial charge in [0.1, 0.15) is 11.8 Å². The highest BCUT2D eigenvalue weighted by molar-refractivity contribution is 7.90. The van der Waals surface area contributed by atoms with Gasteiger partial charge in [-0.3, -0.25) is 4.79 Å². The fraction of sp³-hybridized carbons (Fsp3) is 0.286. The summed E-state index contributed by atoms with van der Waals surface area (Å²) in [5, 5.41) is 23.5. The van der Waals surface area contributed by atoms with E-state index in [1.165, 1.54) is 31.0 Å². The third-order valence-electron chi connectivity index (χ3n) is 6.49. The van der Waals surface area contributed by atoms with Crippen LogP contribution in [0.25, 0.3) is 0 Å². The molecule has 0 spiro atoms. The number of aliphatic carboxylic acids is 1. The number of phenolic OH excluding ortho intramolecular Hbond substituents is 1. The molecular weight excluding hydrogens is 580 g/mol. The molecule has 3 N–H and O–H groups in total. The first-order valence-electron chi connectivity index (χ1n) is 12.3. The average Bonchev–Trinajstić information content (AvgIpc) is 3.68. The summed E-state index contributed by atoms with van der Waals surface area (Å²) in [5.41, 5.74) is 1.92. The van der Waals surface area contributed by atoms with Gasteiger partial charge in [0.2, 0.25) is 0 Å². The highest BCUT2D eigenvalue weighted by Gasteiger charge is 2.32. The molecule has 1 saturated carbocycles. The highest BCUT2D eigenvalue weighted by atomic mass is 35.5. The molecule has 1 amide bonds. The number of halogens is 2. The largest absolute Gasteiger partial charge is 0.508 e. The van der Waals surface area contributed by atoms with Gasteiger partial charge in [-0.25, -0.2) is 13.2 Å². The first-order valence-corrected chi connectivity index (χ1v) is 16.5. The molecule has 0 bridgehead atoms. The van der Waals surface area contributed by atoms with Gasteiger partial charge in [-0.2, -0.15) is 0 Å². The molecule has 0 aliphatic heterocycles. The van der Waals surface area contributed by atoms with Crippen LogP contribution in [-0.4, -0.2) is 54.6 Å². The molecule has 4 rings (SSSR count). The normalized spacial score (nSPS) is 14.9. The van der Waals surface area contributed by atoms with Crippen LogP contribution in [0.15, 0.2) is 65.6 Å². The number of sulfone groups is 1. The van der Waals surface area contributed by atoms with E-state index in [1.807, 2.05) is 18.2 Å². The van der Waals surface area contributed by atoms with Crippen molar-refractivity contribution in [3.63, 3.8) is 0 Å². The van der Waals surface area contributed by atoms with Crippen molar-refractivity contribution in [2.45, 2.75) is 42.3 Å². The van der Waals surface area contributed by atoms with Crippen LogP contribution in [0.4, 0.5) is 0 Å². The minimum atomic E-state index is -3.47. The molecule has 3 aromatic carbocycles. The fourth-order valence-corrected chi connectivity index (χ4v) is 8.67. The number of phenols is 1. The van der Waals surface area contributed by atoms with Gasteiger partial charge in [0.15, 0.2) is 9.84 Å². The Morgan fingerprint density at radius 1 is 1.03 bits per heavy atom. The smallest absolute Gasteiger partial charge is 0.326 e. The Hall–Kier alpha value is -2.64. The Labute approximate surface area is 238 Å². The van der Waals surface area contributed by atoms with E-state index in [4.69, 9.17) is 23.2 Å². The molecule has 2 atom stereocenters. The third kappa shape index (κ3) is 7.73. The second-order valence-corrected chi connectivity index (χ2v) is 15.1. The van der Waals surface area contributed by atoms with Gasteiger partial charge in [0, 0.05) is 12.7 Å². The maximum absolute atomic E-state index is 13.0. The van der Waals surface area contributed by atoms with Crippen LogP contribution in [0.3, 0.4) is 0 Å². The van der Waals surface area contributed by atoms with Crippen molar-refractivity contribution in [3.05, 3.63) is 87.4 Å². The summed E-state index contributed by atoms with van der Waals surface area (Å²) in [6.07, 6.45) is 4.85. The molecule has 0 heterocycles. The second kappa shape index (κ2) is 12.3. The molecule has 11 heteroatoms. The van der Waals surface area contributed by atoms with Gasteiger partial charge in [-0.05, 0) is 83.9 Å².